The number of carbonyl (C=O) groups excluding carboxylic acids is 2. The smallest absolute Gasteiger partial charge is 0.224 e. The second-order valence-electron chi connectivity index (χ2n) is 6.94. The molecule has 1 fully saturated rings. The fourth-order valence-corrected chi connectivity index (χ4v) is 3.97. The number of nitrogens with one attached hydrogen (secondary N) is 3. The van der Waals surface area contributed by atoms with Crippen molar-refractivity contribution < 1.29 is 9.59 Å². The van der Waals surface area contributed by atoms with Gasteiger partial charge in [0.25, 0.3) is 0 Å². The van der Waals surface area contributed by atoms with E-state index in [-0.39, 0.29) is 41.7 Å². The molecule has 0 spiro atoms. The number of rotatable bonds is 8. The summed E-state index contributed by atoms with van der Waals surface area (Å²) in [5.74, 6) is 1.23. The van der Waals surface area contributed by atoms with Gasteiger partial charge in [0, 0.05) is 49.9 Å². The Kier molecular flexibility index (Phi) is 9.49. The minimum atomic E-state index is 0. The number of fused-ring (bicyclic) bond motifs is 1. The van der Waals surface area contributed by atoms with Crippen LogP contribution >= 0.6 is 35.3 Å². The molecule has 7 nitrogen and oxygen atoms in total. The van der Waals surface area contributed by atoms with E-state index in [4.69, 9.17) is 0 Å². The van der Waals surface area contributed by atoms with Crippen LogP contribution < -0.4 is 16.0 Å². The van der Waals surface area contributed by atoms with Gasteiger partial charge in [-0.15, -0.1) is 35.3 Å². The van der Waals surface area contributed by atoms with Crippen LogP contribution in [-0.4, -0.2) is 55.4 Å². The zero-order valence-electron chi connectivity index (χ0n) is 16.3. The van der Waals surface area contributed by atoms with Crippen molar-refractivity contribution in [1.82, 2.24) is 20.9 Å². The molecule has 2 amide bonds. The molecule has 1 aliphatic carbocycles. The van der Waals surface area contributed by atoms with Gasteiger partial charge < -0.3 is 20.9 Å². The van der Waals surface area contributed by atoms with E-state index in [1.165, 1.54) is 10.4 Å². The molecule has 0 atom stereocenters. The van der Waals surface area contributed by atoms with Crippen molar-refractivity contribution in [1.29, 1.82) is 0 Å². The summed E-state index contributed by atoms with van der Waals surface area (Å²) in [4.78, 5) is 31.9. The molecule has 1 aromatic rings. The highest BCUT2D eigenvalue weighted by Gasteiger charge is 2.29. The van der Waals surface area contributed by atoms with Crippen molar-refractivity contribution in [3.63, 3.8) is 0 Å². The Morgan fingerprint density at radius 1 is 1.25 bits per heavy atom. The Bertz CT molecular complexity index is 690. The van der Waals surface area contributed by atoms with Crippen LogP contribution in [0.4, 0.5) is 0 Å². The SMILES string of the molecule is CCNC(=NCCC(=O)N1CCc2sccc2C1)NCCNC(=O)C1CC1.I. The number of amides is 2. The lowest BCUT2D eigenvalue weighted by Gasteiger charge is -2.26. The molecular weight excluding hydrogens is 489 g/mol. The predicted molar refractivity (Wildman–Crippen MR) is 123 cm³/mol. The Labute approximate surface area is 187 Å². The van der Waals surface area contributed by atoms with Crippen LogP contribution in [-0.2, 0) is 22.6 Å². The number of hydrogen-bond donors (Lipinski definition) is 3. The molecule has 28 heavy (non-hydrogen) atoms. The molecular formula is C19H30IN5O2S. The number of aliphatic imine (C=N–C) groups is 1. The van der Waals surface area contributed by atoms with Crippen LogP contribution in [0.5, 0.6) is 0 Å². The minimum absolute atomic E-state index is 0. The van der Waals surface area contributed by atoms with Gasteiger partial charge in [-0.1, -0.05) is 0 Å². The van der Waals surface area contributed by atoms with Crippen molar-refractivity contribution in [3.8, 4) is 0 Å². The predicted octanol–water partition coefficient (Wildman–Crippen LogP) is 1.72. The van der Waals surface area contributed by atoms with Crippen LogP contribution in [0.1, 0.15) is 36.6 Å². The molecule has 2 heterocycles. The first-order chi connectivity index (χ1) is 13.2. The summed E-state index contributed by atoms with van der Waals surface area (Å²) in [5.41, 5.74) is 1.28. The zero-order valence-corrected chi connectivity index (χ0v) is 19.5. The maximum absolute atomic E-state index is 12.4. The summed E-state index contributed by atoms with van der Waals surface area (Å²) >= 11 is 1.78. The average Bonchev–Trinajstić information content (AvgIpc) is 3.42. The van der Waals surface area contributed by atoms with Crippen molar-refractivity contribution in [2.75, 3.05) is 32.7 Å². The molecule has 0 radical (unpaired) electrons. The molecule has 9 heteroatoms. The summed E-state index contributed by atoms with van der Waals surface area (Å²) in [6.07, 6.45) is 3.40. The molecule has 1 aromatic heterocycles. The first-order valence-corrected chi connectivity index (χ1v) is 10.7. The minimum Gasteiger partial charge on any atom is -0.357 e. The second-order valence-corrected chi connectivity index (χ2v) is 7.94. The topological polar surface area (TPSA) is 85.8 Å². The van der Waals surface area contributed by atoms with Crippen molar-refractivity contribution in [2.24, 2.45) is 10.9 Å². The fraction of sp³-hybridized carbons (Fsp3) is 0.632. The highest BCUT2D eigenvalue weighted by Crippen LogP contribution is 2.28. The molecule has 0 aromatic carbocycles. The molecule has 0 bridgehead atoms. The standard InChI is InChI=1S/C19H29N5O2S.HI/c1-2-20-19(23-10-9-21-18(26)14-3-4-14)22-8-5-17(25)24-11-6-16-15(13-24)7-12-27-16;/h7,12,14H,2-6,8-11,13H2,1H3,(H,21,26)(H2,20,22,23);1H. The van der Waals surface area contributed by atoms with Crippen LogP contribution in [0, 0.1) is 5.92 Å². The Morgan fingerprint density at radius 3 is 2.79 bits per heavy atom. The third kappa shape index (κ3) is 6.91. The lowest BCUT2D eigenvalue weighted by molar-refractivity contribution is -0.131. The van der Waals surface area contributed by atoms with E-state index in [1.807, 2.05) is 11.8 Å². The van der Waals surface area contributed by atoms with E-state index < -0.39 is 0 Å². The molecule has 1 saturated carbocycles. The first-order valence-electron chi connectivity index (χ1n) is 9.80. The highest BCUT2D eigenvalue weighted by atomic mass is 127. The normalized spacial score (nSPS) is 16.0. The number of hydrogen-bond acceptors (Lipinski definition) is 4. The van der Waals surface area contributed by atoms with Gasteiger partial charge >= 0.3 is 0 Å². The second kappa shape index (κ2) is 11.6. The summed E-state index contributed by atoms with van der Waals surface area (Å²) < 4.78 is 0. The van der Waals surface area contributed by atoms with Crippen molar-refractivity contribution in [2.45, 2.75) is 39.2 Å². The van der Waals surface area contributed by atoms with Crippen LogP contribution in [0.2, 0.25) is 0 Å². The van der Waals surface area contributed by atoms with Gasteiger partial charge in [-0.3, -0.25) is 14.6 Å². The molecule has 0 unspecified atom stereocenters. The average molecular weight is 519 g/mol. The van der Waals surface area contributed by atoms with E-state index in [9.17, 15) is 9.59 Å². The van der Waals surface area contributed by atoms with Crippen molar-refractivity contribution in [3.05, 3.63) is 21.9 Å². The van der Waals surface area contributed by atoms with Gasteiger partial charge in [-0.25, -0.2) is 0 Å². The summed E-state index contributed by atoms with van der Waals surface area (Å²) in [6.45, 7) is 5.93. The third-order valence-electron chi connectivity index (χ3n) is 4.77. The molecule has 3 rings (SSSR count). The maximum atomic E-state index is 12.4. The van der Waals surface area contributed by atoms with E-state index >= 15 is 0 Å². The van der Waals surface area contributed by atoms with Gasteiger partial charge in [0.15, 0.2) is 5.96 Å². The van der Waals surface area contributed by atoms with Gasteiger partial charge in [0.05, 0.1) is 6.54 Å². The third-order valence-corrected chi connectivity index (χ3v) is 5.79. The van der Waals surface area contributed by atoms with Gasteiger partial charge in [-0.2, -0.15) is 0 Å². The zero-order chi connectivity index (χ0) is 19.1. The Balaban J connectivity index is 0.00000280. The lowest BCUT2D eigenvalue weighted by Crippen LogP contribution is -2.42. The number of halogens is 1. The number of thiophene rings is 1. The van der Waals surface area contributed by atoms with E-state index in [2.05, 4.69) is 32.4 Å². The van der Waals surface area contributed by atoms with Gasteiger partial charge in [0.2, 0.25) is 11.8 Å². The van der Waals surface area contributed by atoms with E-state index in [1.54, 1.807) is 11.3 Å². The molecule has 156 valence electrons. The van der Waals surface area contributed by atoms with E-state index in [0.29, 0.717) is 32.0 Å². The van der Waals surface area contributed by atoms with Crippen LogP contribution in [0.25, 0.3) is 0 Å². The first kappa shape index (κ1) is 22.9. The molecule has 0 saturated heterocycles. The molecule has 1 aliphatic heterocycles. The summed E-state index contributed by atoms with van der Waals surface area (Å²) in [7, 11) is 0. The van der Waals surface area contributed by atoms with Gasteiger partial charge in [0.1, 0.15) is 0 Å². The van der Waals surface area contributed by atoms with Crippen LogP contribution in [0.3, 0.4) is 0 Å². The number of guanidine groups is 1. The summed E-state index contributed by atoms with van der Waals surface area (Å²) in [6, 6.07) is 2.12. The molecule has 3 N–H and O–H groups in total. The Hall–Kier alpha value is -1.36. The number of nitrogens with zero attached hydrogens (tertiary/aromatic N) is 2. The largest absolute Gasteiger partial charge is 0.357 e. The Morgan fingerprint density at radius 2 is 2.04 bits per heavy atom. The maximum Gasteiger partial charge on any atom is 0.224 e. The van der Waals surface area contributed by atoms with E-state index in [0.717, 1.165) is 38.9 Å². The highest BCUT2D eigenvalue weighted by molar-refractivity contribution is 14.0. The lowest BCUT2D eigenvalue weighted by atomic mass is 10.1. The number of carbonyl (C=O) groups is 2. The molecule has 2 aliphatic rings. The van der Waals surface area contributed by atoms with Crippen LogP contribution in [0.15, 0.2) is 16.4 Å². The fourth-order valence-electron chi connectivity index (χ4n) is 3.08. The van der Waals surface area contributed by atoms with Crippen molar-refractivity contribution >= 4 is 53.1 Å². The quantitative estimate of drug-likeness (QED) is 0.211. The van der Waals surface area contributed by atoms with Gasteiger partial charge in [-0.05, 0) is 43.2 Å². The monoisotopic (exact) mass is 519 g/mol. The summed E-state index contributed by atoms with van der Waals surface area (Å²) in [5, 5.41) is 11.4.